The second-order valence-corrected chi connectivity index (χ2v) is 9.92. The molecular weight excluding hydrogens is 363 g/mol. The summed E-state index contributed by atoms with van der Waals surface area (Å²) in [5.74, 6) is 1.87. The van der Waals surface area contributed by atoms with Gasteiger partial charge in [-0.25, -0.2) is 0 Å². The summed E-state index contributed by atoms with van der Waals surface area (Å²) in [6.07, 6.45) is 3.97. The first-order valence-corrected chi connectivity index (χ1v) is 11.1. The summed E-state index contributed by atoms with van der Waals surface area (Å²) < 4.78 is 13.5. The van der Waals surface area contributed by atoms with Gasteiger partial charge in [-0.2, -0.15) is 0 Å². The molecule has 2 aromatic carbocycles. The van der Waals surface area contributed by atoms with Gasteiger partial charge in [0.05, 0.1) is 12.8 Å². The van der Waals surface area contributed by atoms with Crippen molar-refractivity contribution >= 4 is 0 Å². The number of fused-ring (bicyclic) bond motifs is 5. The first-order valence-electron chi connectivity index (χ1n) is 11.1. The van der Waals surface area contributed by atoms with Crippen molar-refractivity contribution in [1.82, 2.24) is 0 Å². The minimum Gasteiger partial charge on any atom is -0.508 e. The molecule has 2 saturated carbocycles. The van der Waals surface area contributed by atoms with Gasteiger partial charge in [-0.3, -0.25) is 4.39 Å². The van der Waals surface area contributed by atoms with E-state index in [0.717, 1.165) is 25.7 Å². The van der Waals surface area contributed by atoms with E-state index in [9.17, 15) is 14.6 Å². The number of hydrogen-bond acceptors (Lipinski definition) is 2. The monoisotopic (exact) mass is 394 g/mol. The highest BCUT2D eigenvalue weighted by molar-refractivity contribution is 5.43. The molecule has 2 N–H and O–H groups in total. The normalized spacial score (nSPS) is 38.2. The van der Waals surface area contributed by atoms with Crippen molar-refractivity contribution < 1.29 is 14.6 Å². The van der Waals surface area contributed by atoms with Crippen LogP contribution in [0.5, 0.6) is 5.75 Å². The van der Waals surface area contributed by atoms with Crippen molar-refractivity contribution in [3.05, 3.63) is 65.2 Å². The van der Waals surface area contributed by atoms with Gasteiger partial charge in [-0.1, -0.05) is 43.3 Å². The Morgan fingerprint density at radius 1 is 1.10 bits per heavy atom. The van der Waals surface area contributed by atoms with Crippen LogP contribution in [0.25, 0.3) is 0 Å². The van der Waals surface area contributed by atoms with Gasteiger partial charge in [0.2, 0.25) is 0 Å². The van der Waals surface area contributed by atoms with Crippen molar-refractivity contribution in [1.29, 1.82) is 0 Å². The van der Waals surface area contributed by atoms with E-state index in [0.29, 0.717) is 35.8 Å². The van der Waals surface area contributed by atoms with Gasteiger partial charge in [-0.15, -0.1) is 0 Å². The van der Waals surface area contributed by atoms with E-state index in [1.54, 1.807) is 0 Å². The number of aliphatic hydroxyl groups excluding tert-OH is 1. The number of hydrogen-bond donors (Lipinski definition) is 2. The minimum absolute atomic E-state index is 0.0441. The van der Waals surface area contributed by atoms with E-state index in [1.807, 2.05) is 12.1 Å². The Bertz CT molecular complexity index is 882. The quantitative estimate of drug-likeness (QED) is 0.712. The van der Waals surface area contributed by atoms with Gasteiger partial charge < -0.3 is 10.2 Å². The SMILES string of the molecule is C[C@]12CC[C@@H]3c4ccc(O)cc4C[C@@H](c4ccccc4)[C@H]3[C@@H]1[C@H](CCF)[C@H](O)C2. The van der Waals surface area contributed by atoms with Gasteiger partial charge in [-0.05, 0) is 95.9 Å². The fourth-order valence-electron chi connectivity index (χ4n) is 7.40. The summed E-state index contributed by atoms with van der Waals surface area (Å²) in [4.78, 5) is 0. The van der Waals surface area contributed by atoms with Crippen molar-refractivity contribution in [2.75, 3.05) is 6.67 Å². The van der Waals surface area contributed by atoms with E-state index in [2.05, 4.69) is 43.3 Å². The first-order chi connectivity index (χ1) is 14.0. The van der Waals surface area contributed by atoms with Crippen molar-refractivity contribution in [3.8, 4) is 5.75 Å². The van der Waals surface area contributed by atoms with Crippen molar-refractivity contribution in [2.24, 2.45) is 23.2 Å². The lowest BCUT2D eigenvalue weighted by Crippen LogP contribution is -2.45. The van der Waals surface area contributed by atoms with Crippen molar-refractivity contribution in [3.63, 3.8) is 0 Å². The molecule has 3 heteroatoms. The molecule has 154 valence electrons. The summed E-state index contributed by atoms with van der Waals surface area (Å²) >= 11 is 0. The average molecular weight is 395 g/mol. The average Bonchev–Trinajstić information content (AvgIpc) is 2.97. The van der Waals surface area contributed by atoms with Gasteiger partial charge in [0.1, 0.15) is 5.75 Å². The molecule has 5 rings (SSSR count). The van der Waals surface area contributed by atoms with Crippen LogP contribution < -0.4 is 0 Å². The van der Waals surface area contributed by atoms with E-state index >= 15 is 0 Å². The molecule has 2 fully saturated rings. The molecule has 0 saturated heterocycles. The van der Waals surface area contributed by atoms with Crippen molar-refractivity contribution in [2.45, 2.75) is 57.0 Å². The molecular formula is C26H31FO2. The van der Waals surface area contributed by atoms with Crippen LogP contribution in [0.3, 0.4) is 0 Å². The number of halogens is 1. The Labute approximate surface area is 172 Å². The zero-order valence-corrected chi connectivity index (χ0v) is 17.1. The third kappa shape index (κ3) is 3.01. The number of phenolic OH excluding ortho intramolecular Hbond substituents is 1. The molecule has 2 nitrogen and oxygen atoms in total. The predicted octanol–water partition coefficient (Wildman–Crippen LogP) is 5.59. The number of aromatic hydroxyl groups is 1. The number of aliphatic hydroxyl groups is 1. The van der Waals surface area contributed by atoms with Crippen LogP contribution in [-0.2, 0) is 6.42 Å². The highest BCUT2D eigenvalue weighted by atomic mass is 19.1. The molecule has 29 heavy (non-hydrogen) atoms. The summed E-state index contributed by atoms with van der Waals surface area (Å²) in [5, 5.41) is 21.0. The zero-order valence-electron chi connectivity index (χ0n) is 17.1. The largest absolute Gasteiger partial charge is 0.508 e. The molecule has 2 aromatic rings. The maximum Gasteiger partial charge on any atom is 0.115 e. The molecule has 0 radical (unpaired) electrons. The molecule has 0 aliphatic heterocycles. The molecule has 3 aliphatic rings. The molecule has 0 heterocycles. The Morgan fingerprint density at radius 2 is 1.90 bits per heavy atom. The third-order valence-corrected chi connectivity index (χ3v) is 8.44. The first kappa shape index (κ1) is 19.1. The van der Waals surface area contributed by atoms with Crippen LogP contribution in [0, 0.1) is 23.2 Å². The summed E-state index contributed by atoms with van der Waals surface area (Å²) in [5.41, 5.74) is 4.04. The molecule has 0 bridgehead atoms. The van der Waals surface area contributed by atoms with Gasteiger partial charge >= 0.3 is 0 Å². The smallest absolute Gasteiger partial charge is 0.115 e. The van der Waals surface area contributed by atoms with Gasteiger partial charge in [0.25, 0.3) is 0 Å². The number of rotatable bonds is 3. The van der Waals surface area contributed by atoms with E-state index < -0.39 is 6.10 Å². The van der Waals surface area contributed by atoms with Crippen LogP contribution in [0.2, 0.25) is 0 Å². The minimum atomic E-state index is -0.392. The Morgan fingerprint density at radius 3 is 2.66 bits per heavy atom. The lowest BCUT2D eigenvalue weighted by atomic mass is 9.50. The Balaban J connectivity index is 1.65. The van der Waals surface area contributed by atoms with Gasteiger partial charge in [0.15, 0.2) is 0 Å². The Hall–Kier alpha value is -1.87. The van der Waals surface area contributed by atoms with E-state index in [4.69, 9.17) is 0 Å². The molecule has 0 spiro atoms. The number of alkyl halides is 1. The number of benzene rings is 2. The summed E-state index contributed by atoms with van der Waals surface area (Å²) in [6.45, 7) is 1.98. The highest BCUT2D eigenvalue weighted by Gasteiger charge is 2.59. The van der Waals surface area contributed by atoms with E-state index in [1.165, 1.54) is 16.7 Å². The molecule has 0 unspecified atom stereocenters. The molecule has 0 amide bonds. The maximum atomic E-state index is 13.5. The Kier molecular flexibility index (Phi) is 4.70. The van der Waals surface area contributed by atoms with Crippen LogP contribution in [0.15, 0.2) is 48.5 Å². The van der Waals surface area contributed by atoms with E-state index in [-0.39, 0.29) is 18.0 Å². The topological polar surface area (TPSA) is 40.5 Å². The number of phenols is 1. The van der Waals surface area contributed by atoms with Gasteiger partial charge in [0, 0.05) is 0 Å². The second kappa shape index (κ2) is 7.12. The molecule has 0 aromatic heterocycles. The maximum absolute atomic E-state index is 13.5. The van der Waals surface area contributed by atoms with Crippen LogP contribution in [-0.4, -0.2) is 23.0 Å². The lowest BCUT2D eigenvalue weighted by molar-refractivity contribution is 0.0132. The molecule has 3 aliphatic carbocycles. The lowest BCUT2D eigenvalue weighted by Gasteiger charge is -2.53. The van der Waals surface area contributed by atoms with Crippen LogP contribution >= 0.6 is 0 Å². The van der Waals surface area contributed by atoms with Crippen LogP contribution in [0.1, 0.15) is 61.1 Å². The zero-order chi connectivity index (χ0) is 20.2. The van der Waals surface area contributed by atoms with Crippen LogP contribution in [0.4, 0.5) is 4.39 Å². The highest BCUT2D eigenvalue weighted by Crippen LogP contribution is 2.65. The predicted molar refractivity (Wildman–Crippen MR) is 113 cm³/mol. The standard InChI is InChI=1S/C26H31FO2/c1-26-11-9-20-19-8-7-18(28)13-17(19)14-22(16-5-3-2-4-6-16)24(20)25(26)21(10-12-27)23(29)15-26/h2-8,13,20-25,28-29H,9-12,14-15H2,1H3/t20-,21-,22+,23-,24+,25+,26-/m1/s1. The fourth-order valence-corrected chi connectivity index (χ4v) is 7.40. The second-order valence-electron chi connectivity index (χ2n) is 9.92. The summed E-state index contributed by atoms with van der Waals surface area (Å²) in [7, 11) is 0. The summed E-state index contributed by atoms with van der Waals surface area (Å²) in [6, 6.07) is 16.6. The molecule has 7 atom stereocenters. The fraction of sp³-hybridized carbons (Fsp3) is 0.538. The third-order valence-electron chi connectivity index (χ3n) is 8.44.